The zero-order valence-electron chi connectivity index (χ0n) is 5.56. The quantitative estimate of drug-likeness (QED) is 0.516. The molecule has 0 heterocycles. The van der Waals surface area contributed by atoms with E-state index in [1.165, 1.54) is 6.07 Å². The second kappa shape index (κ2) is 2.89. The summed E-state index contributed by atoms with van der Waals surface area (Å²) in [6, 6.07) is 6.18. The molecule has 11 heavy (non-hydrogen) atoms. The Morgan fingerprint density at radius 2 is 1.82 bits per heavy atom. The molecule has 0 saturated heterocycles. The van der Waals surface area contributed by atoms with Gasteiger partial charge in [0, 0.05) is 0 Å². The summed E-state index contributed by atoms with van der Waals surface area (Å²) in [5.41, 5.74) is 0. The highest BCUT2D eigenvalue weighted by Gasteiger charge is 2.10. The van der Waals surface area contributed by atoms with Crippen molar-refractivity contribution in [2.45, 2.75) is 4.90 Å². The molecule has 0 saturated carbocycles. The lowest BCUT2D eigenvalue weighted by Crippen LogP contribution is -2.07. The second-order valence-electron chi connectivity index (χ2n) is 2.01. The van der Waals surface area contributed by atoms with Gasteiger partial charge in [0.1, 0.15) is 4.90 Å². The van der Waals surface area contributed by atoms with Crippen LogP contribution in [0.2, 0.25) is 0 Å². The fraction of sp³-hybridized carbons (Fsp3) is 0. The van der Waals surface area contributed by atoms with Crippen molar-refractivity contribution >= 4 is 24.7 Å². The molecule has 0 amide bonds. The summed E-state index contributed by atoms with van der Waals surface area (Å²) in [7, 11) is -1.82. The Kier molecular flexibility index (Phi) is 2.28. The van der Waals surface area contributed by atoms with Gasteiger partial charge in [-0.25, -0.2) is 0 Å². The van der Waals surface area contributed by atoms with Crippen molar-refractivity contribution in [3.63, 3.8) is 0 Å². The molecular formula is C6H7O3PS. The first-order valence-electron chi connectivity index (χ1n) is 2.84. The zero-order chi connectivity index (χ0) is 8.48. The van der Waals surface area contributed by atoms with Gasteiger partial charge in [-0.15, -0.1) is 9.24 Å². The summed E-state index contributed by atoms with van der Waals surface area (Å²) in [5.74, 6) is 0. The molecule has 1 unspecified atom stereocenters. The van der Waals surface area contributed by atoms with Crippen LogP contribution in [-0.2, 0) is 10.1 Å². The standard InChI is InChI=1S/C6H7O3PS/c7-11(8,9)6-4-2-1-3-5(6)10/h1-4H,10H2,(H,7,8,9). The predicted octanol–water partition coefficient (Wildman–Crippen LogP) is 0.434. The normalized spacial score (nSPS) is 11.5. The van der Waals surface area contributed by atoms with E-state index in [0.717, 1.165) is 0 Å². The molecule has 0 radical (unpaired) electrons. The monoisotopic (exact) mass is 190 g/mol. The average molecular weight is 190 g/mol. The van der Waals surface area contributed by atoms with Crippen LogP contribution in [0.1, 0.15) is 0 Å². The van der Waals surface area contributed by atoms with Crippen molar-refractivity contribution in [3.8, 4) is 0 Å². The van der Waals surface area contributed by atoms with Crippen LogP contribution < -0.4 is 5.30 Å². The van der Waals surface area contributed by atoms with Crippen molar-refractivity contribution in [2.24, 2.45) is 0 Å². The first-order valence-corrected chi connectivity index (χ1v) is 4.85. The maximum absolute atomic E-state index is 10.6. The molecule has 1 atom stereocenters. The summed E-state index contributed by atoms with van der Waals surface area (Å²) >= 11 is 0. The molecule has 3 nitrogen and oxygen atoms in total. The van der Waals surface area contributed by atoms with Crippen molar-refractivity contribution in [2.75, 3.05) is 0 Å². The summed E-state index contributed by atoms with van der Waals surface area (Å²) in [6.07, 6.45) is 0. The van der Waals surface area contributed by atoms with E-state index in [4.69, 9.17) is 4.55 Å². The number of hydrogen-bond donors (Lipinski definition) is 1. The van der Waals surface area contributed by atoms with E-state index >= 15 is 0 Å². The molecule has 1 N–H and O–H groups in total. The van der Waals surface area contributed by atoms with Gasteiger partial charge in [0.25, 0.3) is 10.1 Å². The molecule has 1 aromatic carbocycles. The fourth-order valence-corrected chi connectivity index (χ4v) is 1.99. The molecule has 0 spiro atoms. The Labute approximate surface area is 67.4 Å². The van der Waals surface area contributed by atoms with Gasteiger partial charge >= 0.3 is 0 Å². The van der Waals surface area contributed by atoms with Crippen molar-refractivity contribution < 1.29 is 13.0 Å². The van der Waals surface area contributed by atoms with Gasteiger partial charge in [0.2, 0.25) is 0 Å². The van der Waals surface area contributed by atoms with Gasteiger partial charge in [0.05, 0.1) is 0 Å². The predicted molar refractivity (Wildman–Crippen MR) is 45.6 cm³/mol. The van der Waals surface area contributed by atoms with Crippen molar-refractivity contribution in [1.29, 1.82) is 0 Å². The molecule has 60 valence electrons. The molecule has 0 aromatic heterocycles. The lowest BCUT2D eigenvalue weighted by atomic mass is 10.4. The highest BCUT2D eigenvalue weighted by atomic mass is 32.2. The Hall–Kier alpha value is -0.440. The van der Waals surface area contributed by atoms with Crippen LogP contribution in [0.5, 0.6) is 0 Å². The highest BCUT2D eigenvalue weighted by molar-refractivity contribution is 7.86. The molecule has 0 aliphatic heterocycles. The highest BCUT2D eigenvalue weighted by Crippen LogP contribution is 2.06. The molecule has 0 aliphatic rings. The lowest BCUT2D eigenvalue weighted by Gasteiger charge is -1.98. The minimum atomic E-state index is -4.05. The van der Waals surface area contributed by atoms with E-state index in [1.807, 2.05) is 0 Å². The van der Waals surface area contributed by atoms with E-state index in [-0.39, 0.29) is 4.90 Å². The van der Waals surface area contributed by atoms with Crippen LogP contribution in [0.3, 0.4) is 0 Å². The fourth-order valence-electron chi connectivity index (χ4n) is 0.715. The third-order valence-electron chi connectivity index (χ3n) is 1.20. The van der Waals surface area contributed by atoms with Gasteiger partial charge in [0.15, 0.2) is 0 Å². The minimum Gasteiger partial charge on any atom is -0.282 e. The maximum atomic E-state index is 10.6. The molecule has 1 rings (SSSR count). The molecule has 0 bridgehead atoms. The van der Waals surface area contributed by atoms with E-state index < -0.39 is 10.1 Å². The molecule has 0 fully saturated rings. The Balaban J connectivity index is 3.37. The SMILES string of the molecule is O=S(=O)(O)c1ccccc1P. The third-order valence-corrected chi connectivity index (χ3v) is 2.84. The van der Waals surface area contributed by atoms with Gasteiger partial charge in [-0.1, -0.05) is 18.2 Å². The van der Waals surface area contributed by atoms with Crippen molar-refractivity contribution in [3.05, 3.63) is 24.3 Å². The molecule has 1 aromatic rings. The summed E-state index contributed by atoms with van der Waals surface area (Å²) in [6.45, 7) is 0. The number of hydrogen-bond acceptors (Lipinski definition) is 2. The molecular weight excluding hydrogens is 183 g/mol. The van der Waals surface area contributed by atoms with E-state index in [0.29, 0.717) is 5.30 Å². The molecule has 0 aliphatic carbocycles. The van der Waals surface area contributed by atoms with Crippen LogP contribution in [-0.4, -0.2) is 13.0 Å². The summed E-state index contributed by atoms with van der Waals surface area (Å²) in [5, 5.41) is 0.468. The topological polar surface area (TPSA) is 54.4 Å². The first kappa shape index (κ1) is 8.65. The summed E-state index contributed by atoms with van der Waals surface area (Å²) in [4.78, 5) is -0.0648. The van der Waals surface area contributed by atoms with E-state index in [9.17, 15) is 8.42 Å². The number of rotatable bonds is 1. The Morgan fingerprint density at radius 1 is 1.27 bits per heavy atom. The van der Waals surface area contributed by atoms with Gasteiger partial charge in [-0.3, -0.25) is 4.55 Å². The van der Waals surface area contributed by atoms with Gasteiger partial charge in [-0.05, 0) is 11.4 Å². The van der Waals surface area contributed by atoms with Gasteiger partial charge in [-0.2, -0.15) is 8.42 Å². The van der Waals surface area contributed by atoms with Crippen LogP contribution in [0, 0.1) is 0 Å². The average Bonchev–Trinajstić information content (AvgIpc) is 1.86. The Bertz CT molecular complexity index is 358. The first-order chi connectivity index (χ1) is 5.02. The Morgan fingerprint density at radius 3 is 2.18 bits per heavy atom. The minimum absolute atomic E-state index is 0.0648. The smallest absolute Gasteiger partial charge is 0.282 e. The summed E-state index contributed by atoms with van der Waals surface area (Å²) < 4.78 is 29.8. The van der Waals surface area contributed by atoms with Crippen LogP contribution in [0.15, 0.2) is 29.2 Å². The van der Waals surface area contributed by atoms with E-state index in [1.54, 1.807) is 18.2 Å². The lowest BCUT2D eigenvalue weighted by molar-refractivity contribution is 0.484. The maximum Gasteiger partial charge on any atom is 0.295 e. The zero-order valence-corrected chi connectivity index (χ0v) is 7.53. The van der Waals surface area contributed by atoms with Gasteiger partial charge < -0.3 is 0 Å². The van der Waals surface area contributed by atoms with Crippen LogP contribution in [0.25, 0.3) is 0 Å². The third kappa shape index (κ3) is 1.99. The number of benzene rings is 1. The second-order valence-corrected chi connectivity index (χ2v) is 4.02. The van der Waals surface area contributed by atoms with Crippen LogP contribution >= 0.6 is 9.24 Å². The van der Waals surface area contributed by atoms with Crippen molar-refractivity contribution in [1.82, 2.24) is 0 Å². The largest absolute Gasteiger partial charge is 0.295 e. The van der Waals surface area contributed by atoms with E-state index in [2.05, 4.69) is 9.24 Å². The van der Waals surface area contributed by atoms with Crippen LogP contribution in [0.4, 0.5) is 0 Å². The molecule has 5 heteroatoms.